The Hall–Kier alpha value is -0.770. The fourth-order valence-corrected chi connectivity index (χ4v) is 2.13. The fourth-order valence-electron chi connectivity index (χ4n) is 1.67. The van der Waals surface area contributed by atoms with E-state index in [1.807, 2.05) is 20.0 Å². The highest BCUT2D eigenvalue weighted by atomic mass is 79.9. The van der Waals surface area contributed by atoms with Gasteiger partial charge in [-0.3, -0.25) is 4.79 Å². The van der Waals surface area contributed by atoms with E-state index in [-0.39, 0.29) is 11.8 Å². The topological polar surface area (TPSA) is 33.5 Å². The van der Waals surface area contributed by atoms with Crippen LogP contribution in [0.25, 0.3) is 0 Å². The maximum Gasteiger partial charge on any atom is 0.233 e. The lowest BCUT2D eigenvalue weighted by Crippen LogP contribution is -2.34. The number of fused-ring (bicyclic) bond motifs is 1. The average molecular weight is 244 g/mol. The molecule has 0 radical (unpaired) electrons. The van der Waals surface area contributed by atoms with Crippen LogP contribution in [0, 0.1) is 0 Å². The highest BCUT2D eigenvalue weighted by molar-refractivity contribution is 9.10. The number of rotatable bonds is 0. The summed E-state index contributed by atoms with van der Waals surface area (Å²) in [5, 5.41) is 0. The Balaban J connectivity index is 2.48. The minimum Gasteiger partial charge on any atom is -0.453 e. The van der Waals surface area contributed by atoms with Crippen molar-refractivity contribution in [3.63, 3.8) is 0 Å². The normalized spacial score (nSPS) is 21.9. The van der Waals surface area contributed by atoms with E-state index in [0.29, 0.717) is 11.2 Å². The highest BCUT2D eigenvalue weighted by Crippen LogP contribution is 2.32. The molecule has 1 amide bonds. The van der Waals surface area contributed by atoms with Gasteiger partial charge in [0.2, 0.25) is 5.91 Å². The third-order valence-electron chi connectivity index (χ3n) is 2.36. The summed E-state index contributed by atoms with van der Waals surface area (Å²) in [5.74, 6) is 0.768. The van der Waals surface area contributed by atoms with E-state index in [1.165, 1.54) is 0 Å². The lowest BCUT2D eigenvalue weighted by Gasteiger charge is -2.25. The SMILES string of the molecule is CC1C(=O)N(C)Cc2cc(Br)oc21. The van der Waals surface area contributed by atoms with E-state index in [2.05, 4.69) is 15.9 Å². The second-order valence-corrected chi connectivity index (χ2v) is 4.14. The van der Waals surface area contributed by atoms with Crippen LogP contribution in [-0.4, -0.2) is 17.9 Å². The van der Waals surface area contributed by atoms with Crippen LogP contribution in [0.4, 0.5) is 0 Å². The molecule has 4 heteroatoms. The first kappa shape index (κ1) is 8.81. The van der Waals surface area contributed by atoms with Gasteiger partial charge in [-0.15, -0.1) is 0 Å². The zero-order valence-electron chi connectivity index (χ0n) is 7.50. The minimum atomic E-state index is -0.153. The van der Waals surface area contributed by atoms with Crippen molar-refractivity contribution in [3.8, 4) is 0 Å². The molecule has 0 saturated carbocycles. The van der Waals surface area contributed by atoms with Crippen LogP contribution in [-0.2, 0) is 11.3 Å². The number of hydrogen-bond donors (Lipinski definition) is 0. The van der Waals surface area contributed by atoms with E-state index in [9.17, 15) is 4.79 Å². The molecule has 0 N–H and O–H groups in total. The number of hydrogen-bond acceptors (Lipinski definition) is 2. The summed E-state index contributed by atoms with van der Waals surface area (Å²) >= 11 is 3.26. The molecule has 1 atom stereocenters. The first-order chi connectivity index (χ1) is 6.09. The average Bonchev–Trinajstić information content (AvgIpc) is 2.42. The molecule has 1 aromatic heterocycles. The van der Waals surface area contributed by atoms with Gasteiger partial charge in [0, 0.05) is 19.2 Å². The van der Waals surface area contributed by atoms with E-state index in [4.69, 9.17) is 4.42 Å². The molecule has 3 nitrogen and oxygen atoms in total. The van der Waals surface area contributed by atoms with E-state index in [1.54, 1.807) is 4.90 Å². The van der Waals surface area contributed by atoms with Crippen LogP contribution in [0.1, 0.15) is 24.2 Å². The van der Waals surface area contributed by atoms with Crippen LogP contribution < -0.4 is 0 Å². The number of amides is 1. The third-order valence-corrected chi connectivity index (χ3v) is 2.75. The number of carbonyl (C=O) groups is 1. The largest absolute Gasteiger partial charge is 0.453 e. The monoisotopic (exact) mass is 243 g/mol. The second-order valence-electron chi connectivity index (χ2n) is 3.36. The summed E-state index contributed by atoms with van der Waals surface area (Å²) in [4.78, 5) is 13.3. The Morgan fingerprint density at radius 2 is 2.38 bits per heavy atom. The van der Waals surface area contributed by atoms with Crippen LogP contribution in [0.5, 0.6) is 0 Å². The molecular formula is C9H10BrNO2. The van der Waals surface area contributed by atoms with Crippen molar-refractivity contribution in [1.82, 2.24) is 4.90 Å². The summed E-state index contributed by atoms with van der Waals surface area (Å²) in [6, 6.07) is 1.93. The molecule has 2 rings (SSSR count). The zero-order chi connectivity index (χ0) is 9.59. The fraction of sp³-hybridized carbons (Fsp3) is 0.444. The Morgan fingerprint density at radius 3 is 3.08 bits per heavy atom. The number of furan rings is 1. The standard InChI is InChI=1S/C9H10BrNO2/c1-5-8-6(3-7(10)13-8)4-11(2)9(5)12/h3,5H,4H2,1-2H3. The minimum absolute atomic E-state index is 0.120. The van der Waals surface area contributed by atoms with Gasteiger partial charge in [0.05, 0.1) is 5.92 Å². The smallest absolute Gasteiger partial charge is 0.233 e. The molecule has 13 heavy (non-hydrogen) atoms. The van der Waals surface area contributed by atoms with Gasteiger partial charge >= 0.3 is 0 Å². The summed E-state index contributed by atoms with van der Waals surface area (Å²) < 4.78 is 6.11. The van der Waals surface area contributed by atoms with Crippen molar-refractivity contribution in [2.24, 2.45) is 0 Å². The first-order valence-corrected chi connectivity index (χ1v) is 4.92. The number of nitrogens with zero attached hydrogens (tertiary/aromatic N) is 1. The molecule has 0 bridgehead atoms. The summed E-state index contributed by atoms with van der Waals surface area (Å²) in [6.45, 7) is 2.51. The molecule has 1 aliphatic heterocycles. The molecule has 1 aromatic rings. The van der Waals surface area contributed by atoms with Crippen molar-refractivity contribution in [3.05, 3.63) is 22.1 Å². The molecule has 0 fully saturated rings. The second kappa shape index (κ2) is 2.87. The quantitative estimate of drug-likeness (QED) is 0.700. The molecule has 0 spiro atoms. The van der Waals surface area contributed by atoms with E-state index >= 15 is 0 Å². The molecule has 0 aliphatic carbocycles. The van der Waals surface area contributed by atoms with Gasteiger partial charge in [-0.2, -0.15) is 0 Å². The summed E-state index contributed by atoms with van der Waals surface area (Å²) in [7, 11) is 1.81. The van der Waals surface area contributed by atoms with Crippen molar-refractivity contribution in [2.45, 2.75) is 19.4 Å². The summed E-state index contributed by atoms with van der Waals surface area (Å²) in [6.07, 6.45) is 0. The Morgan fingerprint density at radius 1 is 1.69 bits per heavy atom. The van der Waals surface area contributed by atoms with Crippen LogP contribution >= 0.6 is 15.9 Å². The molecule has 70 valence electrons. The predicted octanol–water partition coefficient (Wildman–Crippen LogP) is 2.12. The highest BCUT2D eigenvalue weighted by Gasteiger charge is 2.31. The van der Waals surface area contributed by atoms with Gasteiger partial charge in [0.25, 0.3) is 0 Å². The molecule has 1 aliphatic rings. The predicted molar refractivity (Wildman–Crippen MR) is 51.3 cm³/mol. The molecule has 2 heterocycles. The molecular weight excluding hydrogens is 234 g/mol. The Bertz CT molecular complexity index is 358. The van der Waals surface area contributed by atoms with Gasteiger partial charge in [0.15, 0.2) is 4.67 Å². The van der Waals surface area contributed by atoms with Crippen molar-refractivity contribution >= 4 is 21.8 Å². The molecule has 0 saturated heterocycles. The van der Waals surface area contributed by atoms with E-state index in [0.717, 1.165) is 11.3 Å². The lowest BCUT2D eigenvalue weighted by molar-refractivity contribution is -0.133. The van der Waals surface area contributed by atoms with Crippen LogP contribution in [0.3, 0.4) is 0 Å². The molecule has 0 aromatic carbocycles. The van der Waals surface area contributed by atoms with Gasteiger partial charge in [-0.05, 0) is 28.9 Å². The van der Waals surface area contributed by atoms with Crippen molar-refractivity contribution in [1.29, 1.82) is 0 Å². The Kier molecular flexibility index (Phi) is 1.95. The van der Waals surface area contributed by atoms with Crippen LogP contribution in [0.2, 0.25) is 0 Å². The first-order valence-electron chi connectivity index (χ1n) is 4.12. The number of halogens is 1. The maximum absolute atomic E-state index is 11.5. The zero-order valence-corrected chi connectivity index (χ0v) is 9.09. The van der Waals surface area contributed by atoms with Gasteiger partial charge in [-0.25, -0.2) is 0 Å². The van der Waals surface area contributed by atoms with Crippen LogP contribution in [0.15, 0.2) is 15.2 Å². The third kappa shape index (κ3) is 1.29. The van der Waals surface area contributed by atoms with Gasteiger partial charge in [0.1, 0.15) is 5.76 Å². The van der Waals surface area contributed by atoms with Crippen molar-refractivity contribution < 1.29 is 9.21 Å². The lowest BCUT2D eigenvalue weighted by atomic mass is 9.99. The van der Waals surface area contributed by atoms with E-state index < -0.39 is 0 Å². The van der Waals surface area contributed by atoms with Gasteiger partial charge in [-0.1, -0.05) is 0 Å². The summed E-state index contributed by atoms with van der Waals surface area (Å²) in [5.41, 5.74) is 1.10. The van der Waals surface area contributed by atoms with Crippen molar-refractivity contribution in [2.75, 3.05) is 7.05 Å². The number of carbonyl (C=O) groups excluding carboxylic acids is 1. The number of likely N-dealkylation sites (N-methyl/N-ethyl adjacent to an activating group) is 1. The Labute approximate surface area is 84.8 Å². The van der Waals surface area contributed by atoms with Gasteiger partial charge < -0.3 is 9.32 Å². The molecule has 1 unspecified atom stereocenters. The maximum atomic E-state index is 11.5.